The topological polar surface area (TPSA) is 74.3 Å². The lowest BCUT2D eigenvalue weighted by Gasteiger charge is -2.16. The Morgan fingerprint density at radius 3 is 2.42 bits per heavy atom. The van der Waals surface area contributed by atoms with Gasteiger partial charge in [0.1, 0.15) is 12.1 Å². The van der Waals surface area contributed by atoms with Crippen LogP contribution in [0.15, 0.2) is 83.4 Å². The lowest BCUT2D eigenvalue weighted by atomic mass is 9.99. The van der Waals surface area contributed by atoms with E-state index in [4.69, 9.17) is 0 Å². The standard InChI is InChI=1S/C32H30F3N5O2S/c1-20(2)27-17-21(3)5-15-28(27)40-22(4)18-43-31(40)37-29(41)16-8-23-6-9-24(10-7-23)30-36-19-39(38-30)25-11-13-26(14-12-25)42-32(33,34)35/h5-7,9-15,17-20H,8,16H2,1-4H3. The maximum atomic E-state index is 12.9. The van der Waals surface area contributed by atoms with Gasteiger partial charge in [-0.3, -0.25) is 9.36 Å². The first-order valence-corrected chi connectivity index (χ1v) is 14.6. The molecule has 0 aliphatic heterocycles. The van der Waals surface area contributed by atoms with Crippen LogP contribution in [0.2, 0.25) is 0 Å². The highest BCUT2D eigenvalue weighted by Gasteiger charge is 2.31. The lowest BCUT2D eigenvalue weighted by molar-refractivity contribution is -0.274. The number of carbonyl (C=O) groups is 1. The number of hydrogen-bond acceptors (Lipinski definition) is 5. The van der Waals surface area contributed by atoms with Gasteiger partial charge in [0, 0.05) is 23.1 Å². The van der Waals surface area contributed by atoms with Crippen molar-refractivity contribution in [3.05, 3.63) is 106 Å². The van der Waals surface area contributed by atoms with E-state index in [0.29, 0.717) is 28.7 Å². The lowest BCUT2D eigenvalue weighted by Crippen LogP contribution is -2.18. The van der Waals surface area contributed by atoms with Crippen molar-refractivity contribution < 1.29 is 22.7 Å². The number of aryl methyl sites for hydroxylation is 3. The Balaban J connectivity index is 1.25. The second-order valence-corrected chi connectivity index (χ2v) is 11.3. The van der Waals surface area contributed by atoms with Crippen LogP contribution < -0.4 is 9.54 Å². The molecule has 0 unspecified atom stereocenters. The van der Waals surface area contributed by atoms with Crippen LogP contribution in [-0.4, -0.2) is 31.6 Å². The van der Waals surface area contributed by atoms with E-state index in [1.54, 1.807) is 0 Å². The molecule has 5 aromatic rings. The van der Waals surface area contributed by atoms with Crippen LogP contribution in [-0.2, 0) is 11.2 Å². The number of rotatable bonds is 8. The average molecular weight is 606 g/mol. The molecule has 0 N–H and O–H groups in total. The van der Waals surface area contributed by atoms with Crippen molar-refractivity contribution in [2.24, 2.45) is 4.99 Å². The van der Waals surface area contributed by atoms with Crippen molar-refractivity contribution in [3.63, 3.8) is 0 Å². The minimum atomic E-state index is -4.75. The summed E-state index contributed by atoms with van der Waals surface area (Å²) in [6.45, 7) is 8.42. The van der Waals surface area contributed by atoms with Crippen LogP contribution in [0.3, 0.4) is 0 Å². The molecule has 0 radical (unpaired) electrons. The maximum Gasteiger partial charge on any atom is 0.573 e. The van der Waals surface area contributed by atoms with Gasteiger partial charge in [-0.2, -0.15) is 4.99 Å². The number of ether oxygens (including phenoxy) is 1. The Kier molecular flexibility index (Phi) is 8.63. The van der Waals surface area contributed by atoms with E-state index in [9.17, 15) is 18.0 Å². The van der Waals surface area contributed by atoms with E-state index < -0.39 is 6.36 Å². The van der Waals surface area contributed by atoms with Crippen LogP contribution in [0.4, 0.5) is 13.2 Å². The van der Waals surface area contributed by atoms with E-state index >= 15 is 0 Å². The molecule has 11 heteroatoms. The molecule has 2 aromatic heterocycles. The second-order valence-electron chi connectivity index (χ2n) is 10.5. The molecule has 3 aromatic carbocycles. The van der Waals surface area contributed by atoms with Crippen LogP contribution in [0.25, 0.3) is 22.8 Å². The van der Waals surface area contributed by atoms with E-state index in [1.807, 2.05) is 36.6 Å². The number of aromatic nitrogens is 4. The molecule has 0 saturated carbocycles. The Morgan fingerprint density at radius 1 is 1.02 bits per heavy atom. The summed E-state index contributed by atoms with van der Waals surface area (Å²) in [6.07, 6.45) is -2.46. The van der Waals surface area contributed by atoms with Crippen LogP contribution in [0.1, 0.15) is 48.6 Å². The third kappa shape index (κ3) is 7.29. The molecule has 43 heavy (non-hydrogen) atoms. The molecule has 5 rings (SSSR count). The normalized spacial score (nSPS) is 12.2. The van der Waals surface area contributed by atoms with Crippen molar-refractivity contribution in [3.8, 4) is 28.5 Å². The van der Waals surface area contributed by atoms with Crippen LogP contribution in [0, 0.1) is 13.8 Å². The fourth-order valence-electron chi connectivity index (χ4n) is 4.66. The molecule has 7 nitrogen and oxygen atoms in total. The molecule has 0 bridgehead atoms. The Hall–Kier alpha value is -4.51. The summed E-state index contributed by atoms with van der Waals surface area (Å²) < 4.78 is 44.7. The summed E-state index contributed by atoms with van der Waals surface area (Å²) >= 11 is 1.46. The second kappa shape index (κ2) is 12.4. The fraction of sp³-hybridized carbons (Fsp3) is 0.250. The predicted octanol–water partition coefficient (Wildman–Crippen LogP) is 7.49. The molecule has 0 fully saturated rings. The third-order valence-electron chi connectivity index (χ3n) is 6.81. The zero-order valence-electron chi connectivity index (χ0n) is 24.1. The van der Waals surface area contributed by atoms with Gasteiger partial charge in [-0.05, 0) is 67.6 Å². The summed E-state index contributed by atoms with van der Waals surface area (Å²) in [5.74, 6) is 0.285. The number of nitrogens with zero attached hydrogens (tertiary/aromatic N) is 5. The van der Waals surface area contributed by atoms with Crippen molar-refractivity contribution in [1.29, 1.82) is 0 Å². The highest BCUT2D eigenvalue weighted by molar-refractivity contribution is 7.07. The largest absolute Gasteiger partial charge is 0.573 e. The molecule has 222 valence electrons. The van der Waals surface area contributed by atoms with E-state index in [-0.39, 0.29) is 18.1 Å². The first-order valence-electron chi connectivity index (χ1n) is 13.7. The van der Waals surface area contributed by atoms with Crippen LogP contribution >= 0.6 is 11.3 Å². The highest BCUT2D eigenvalue weighted by atomic mass is 32.1. The highest BCUT2D eigenvalue weighted by Crippen LogP contribution is 2.26. The first-order chi connectivity index (χ1) is 20.5. The third-order valence-corrected chi connectivity index (χ3v) is 7.76. The molecule has 1 amide bonds. The Bertz CT molecular complexity index is 1800. The Labute approximate surface area is 251 Å². The van der Waals surface area contributed by atoms with Gasteiger partial charge >= 0.3 is 6.36 Å². The van der Waals surface area contributed by atoms with Gasteiger partial charge in [0.25, 0.3) is 0 Å². The number of carbonyl (C=O) groups excluding carboxylic acids is 1. The van der Waals surface area contributed by atoms with Crippen molar-refractivity contribution in [2.45, 2.75) is 52.8 Å². The molecule has 0 spiro atoms. The molecular formula is C32H30F3N5O2S. The quantitative estimate of drug-likeness (QED) is 0.184. The number of hydrogen-bond donors (Lipinski definition) is 0. The minimum absolute atomic E-state index is 0.190. The smallest absolute Gasteiger partial charge is 0.406 e. The van der Waals surface area contributed by atoms with E-state index in [2.05, 4.69) is 63.3 Å². The number of alkyl halides is 3. The Morgan fingerprint density at radius 2 is 1.74 bits per heavy atom. The van der Waals surface area contributed by atoms with Gasteiger partial charge in [-0.15, -0.1) is 29.6 Å². The zero-order chi connectivity index (χ0) is 30.7. The van der Waals surface area contributed by atoms with Crippen molar-refractivity contribution in [1.82, 2.24) is 19.3 Å². The van der Waals surface area contributed by atoms with Gasteiger partial charge in [0.05, 0.1) is 11.4 Å². The number of halogens is 3. The van der Waals surface area contributed by atoms with Gasteiger partial charge < -0.3 is 4.74 Å². The number of thiazole rings is 1. The van der Waals surface area contributed by atoms with Gasteiger partial charge in [0.2, 0.25) is 5.91 Å². The molecule has 0 atom stereocenters. The van der Waals surface area contributed by atoms with Crippen LogP contribution in [0.5, 0.6) is 5.75 Å². The predicted molar refractivity (Wildman–Crippen MR) is 160 cm³/mol. The fourth-order valence-corrected chi connectivity index (χ4v) is 5.54. The summed E-state index contributed by atoms with van der Waals surface area (Å²) in [6, 6.07) is 19.3. The molecule has 0 aliphatic carbocycles. The summed E-state index contributed by atoms with van der Waals surface area (Å²) in [5, 5.41) is 6.45. The van der Waals surface area contributed by atoms with Gasteiger partial charge in [-0.25, -0.2) is 9.67 Å². The molecule has 0 aliphatic rings. The van der Waals surface area contributed by atoms with Crippen molar-refractivity contribution in [2.75, 3.05) is 0 Å². The summed E-state index contributed by atoms with van der Waals surface area (Å²) in [7, 11) is 0. The summed E-state index contributed by atoms with van der Waals surface area (Å²) in [4.78, 5) is 22.4. The molecule has 0 saturated heterocycles. The SMILES string of the molecule is Cc1ccc(-n2c(C)csc2=NC(=O)CCc2ccc(-c3ncn(-c4ccc(OC(F)(F)F)cc4)n3)cc2)c(C(C)C)c1. The monoisotopic (exact) mass is 605 g/mol. The first kappa shape index (κ1) is 30.0. The summed E-state index contributed by atoms with van der Waals surface area (Å²) in [5.41, 5.74) is 6.76. The molecular weight excluding hydrogens is 575 g/mol. The van der Waals surface area contributed by atoms with Crippen molar-refractivity contribution >= 4 is 17.2 Å². The maximum absolute atomic E-state index is 12.9. The van der Waals surface area contributed by atoms with E-state index in [0.717, 1.165) is 22.5 Å². The molecule has 2 heterocycles. The van der Waals surface area contributed by atoms with Gasteiger partial charge in [-0.1, -0.05) is 55.8 Å². The van der Waals surface area contributed by atoms with Gasteiger partial charge in [0.15, 0.2) is 10.6 Å². The minimum Gasteiger partial charge on any atom is -0.406 e. The number of amides is 1. The van der Waals surface area contributed by atoms with E-state index in [1.165, 1.54) is 57.7 Å². The average Bonchev–Trinajstić information content (AvgIpc) is 3.59. The number of benzene rings is 3. The zero-order valence-corrected chi connectivity index (χ0v) is 24.9.